The predicted octanol–water partition coefficient (Wildman–Crippen LogP) is 0.753. The highest BCUT2D eigenvalue weighted by Crippen LogP contribution is 2.16. The summed E-state index contributed by atoms with van der Waals surface area (Å²) in [6.07, 6.45) is 4.57. The summed E-state index contributed by atoms with van der Waals surface area (Å²) in [5, 5.41) is 9.45. The Morgan fingerprint density at radius 2 is 2.58 bits per heavy atom. The van der Waals surface area contributed by atoms with Gasteiger partial charge in [0, 0.05) is 18.3 Å². The second kappa shape index (κ2) is 2.90. The molecule has 1 aliphatic rings. The molecule has 66 valence electrons. The van der Waals surface area contributed by atoms with Gasteiger partial charge in [0.1, 0.15) is 5.82 Å². The van der Waals surface area contributed by atoms with Crippen LogP contribution in [-0.4, -0.2) is 20.8 Å². The molecule has 1 atom stereocenters. The fraction of sp³-hybridized carbons (Fsp3) is 0.667. The molecule has 1 aromatic heterocycles. The molecule has 0 saturated carbocycles. The molecule has 0 saturated heterocycles. The van der Waals surface area contributed by atoms with Gasteiger partial charge in [-0.05, 0) is 12.8 Å². The van der Waals surface area contributed by atoms with Crippen molar-refractivity contribution in [2.24, 2.45) is 0 Å². The van der Waals surface area contributed by atoms with Gasteiger partial charge in [-0.1, -0.05) is 6.92 Å². The quantitative estimate of drug-likeness (QED) is 0.668. The fourth-order valence-electron chi connectivity index (χ4n) is 1.77. The Labute approximate surface area is 72.0 Å². The van der Waals surface area contributed by atoms with Gasteiger partial charge in [0.2, 0.25) is 0 Å². The molecule has 2 heterocycles. The van der Waals surface area contributed by atoms with Crippen molar-refractivity contribution in [3.8, 4) is 0 Å². The van der Waals surface area contributed by atoms with Crippen LogP contribution >= 0.6 is 0 Å². The largest absolute Gasteiger partial charge is 0.391 e. The van der Waals surface area contributed by atoms with E-state index in [0.717, 1.165) is 31.6 Å². The summed E-state index contributed by atoms with van der Waals surface area (Å²) in [6.45, 7) is 2.83. The minimum atomic E-state index is -0.169. The van der Waals surface area contributed by atoms with E-state index in [2.05, 4.69) is 16.5 Å². The van der Waals surface area contributed by atoms with Crippen LogP contribution in [0.3, 0.4) is 0 Å². The number of aliphatic hydroxyl groups is 1. The van der Waals surface area contributed by atoms with Gasteiger partial charge in [0.15, 0.2) is 0 Å². The first kappa shape index (κ1) is 7.80. The van der Waals surface area contributed by atoms with E-state index >= 15 is 0 Å². The number of aromatic nitrogens is 2. The van der Waals surface area contributed by atoms with Crippen LogP contribution in [0.4, 0.5) is 0 Å². The molecule has 0 spiro atoms. The Hall–Kier alpha value is -0.830. The lowest BCUT2D eigenvalue weighted by molar-refractivity contribution is 0.130. The molecule has 0 fully saturated rings. The molecule has 12 heavy (non-hydrogen) atoms. The van der Waals surface area contributed by atoms with Crippen molar-refractivity contribution >= 4 is 0 Å². The van der Waals surface area contributed by atoms with Crippen LogP contribution in [0.15, 0.2) is 6.20 Å². The molecule has 1 unspecified atom stereocenters. The van der Waals surface area contributed by atoms with E-state index in [1.165, 1.54) is 5.69 Å². The maximum atomic E-state index is 9.45. The minimum absolute atomic E-state index is 0.169. The summed E-state index contributed by atoms with van der Waals surface area (Å²) in [4.78, 5) is 4.30. The third-order valence-corrected chi connectivity index (χ3v) is 2.46. The van der Waals surface area contributed by atoms with Crippen molar-refractivity contribution in [2.75, 3.05) is 0 Å². The number of imidazole rings is 1. The average Bonchev–Trinajstić information content (AvgIpc) is 2.46. The molecular formula is C9H14N2O. The van der Waals surface area contributed by atoms with Crippen LogP contribution in [0.5, 0.6) is 0 Å². The first-order valence-corrected chi connectivity index (χ1v) is 4.52. The third-order valence-electron chi connectivity index (χ3n) is 2.46. The van der Waals surface area contributed by atoms with E-state index < -0.39 is 0 Å². The van der Waals surface area contributed by atoms with E-state index in [-0.39, 0.29) is 6.10 Å². The zero-order valence-electron chi connectivity index (χ0n) is 7.32. The number of aliphatic hydroxyl groups excluding tert-OH is 1. The normalized spacial score (nSPS) is 22.3. The molecule has 3 nitrogen and oxygen atoms in total. The molecule has 0 aromatic carbocycles. The van der Waals surface area contributed by atoms with Crippen LogP contribution in [-0.2, 0) is 19.4 Å². The summed E-state index contributed by atoms with van der Waals surface area (Å²) in [5.74, 6) is 1.10. The average molecular weight is 166 g/mol. The van der Waals surface area contributed by atoms with E-state index in [9.17, 15) is 5.11 Å². The minimum Gasteiger partial charge on any atom is -0.391 e. The van der Waals surface area contributed by atoms with Crippen LogP contribution in [0.2, 0.25) is 0 Å². The van der Waals surface area contributed by atoms with E-state index in [1.807, 2.05) is 6.20 Å². The maximum Gasteiger partial charge on any atom is 0.108 e. The second-order valence-corrected chi connectivity index (χ2v) is 3.32. The van der Waals surface area contributed by atoms with Crippen molar-refractivity contribution in [1.82, 2.24) is 9.55 Å². The van der Waals surface area contributed by atoms with Crippen molar-refractivity contribution in [3.63, 3.8) is 0 Å². The summed E-state index contributed by atoms with van der Waals surface area (Å²) in [7, 11) is 0. The van der Waals surface area contributed by atoms with Crippen LogP contribution in [0, 0.1) is 0 Å². The highest BCUT2D eigenvalue weighted by atomic mass is 16.3. The van der Waals surface area contributed by atoms with Gasteiger partial charge in [-0.3, -0.25) is 0 Å². The lowest BCUT2D eigenvalue weighted by atomic mass is 10.1. The Kier molecular flexibility index (Phi) is 1.89. The number of fused-ring (bicyclic) bond motifs is 1. The monoisotopic (exact) mass is 166 g/mol. The summed E-state index contributed by atoms with van der Waals surface area (Å²) >= 11 is 0. The molecule has 0 amide bonds. The first-order valence-electron chi connectivity index (χ1n) is 4.52. The molecule has 0 aliphatic carbocycles. The SMILES string of the molecule is CCc1ncc2n1CC(O)CC2. The number of nitrogens with zero attached hydrogens (tertiary/aromatic N) is 2. The molecule has 0 radical (unpaired) electrons. The Bertz CT molecular complexity index is 267. The Morgan fingerprint density at radius 1 is 1.75 bits per heavy atom. The van der Waals surface area contributed by atoms with Crippen molar-refractivity contribution < 1.29 is 5.11 Å². The highest BCUT2D eigenvalue weighted by molar-refractivity contribution is 5.08. The molecule has 1 aliphatic heterocycles. The topological polar surface area (TPSA) is 38.0 Å². The van der Waals surface area contributed by atoms with Gasteiger partial charge in [-0.25, -0.2) is 4.98 Å². The fourth-order valence-corrected chi connectivity index (χ4v) is 1.77. The van der Waals surface area contributed by atoms with Gasteiger partial charge in [-0.2, -0.15) is 0 Å². The Morgan fingerprint density at radius 3 is 3.33 bits per heavy atom. The number of hydrogen-bond acceptors (Lipinski definition) is 2. The third kappa shape index (κ3) is 1.14. The van der Waals surface area contributed by atoms with E-state index in [0.29, 0.717) is 0 Å². The van der Waals surface area contributed by atoms with Gasteiger partial charge >= 0.3 is 0 Å². The second-order valence-electron chi connectivity index (χ2n) is 3.32. The maximum absolute atomic E-state index is 9.45. The smallest absolute Gasteiger partial charge is 0.108 e. The van der Waals surface area contributed by atoms with Gasteiger partial charge < -0.3 is 9.67 Å². The predicted molar refractivity (Wildman–Crippen MR) is 45.9 cm³/mol. The molecule has 3 heteroatoms. The Balaban J connectivity index is 2.34. The van der Waals surface area contributed by atoms with Gasteiger partial charge in [-0.15, -0.1) is 0 Å². The van der Waals surface area contributed by atoms with E-state index in [1.54, 1.807) is 0 Å². The molecule has 0 bridgehead atoms. The highest BCUT2D eigenvalue weighted by Gasteiger charge is 2.18. The molecule has 1 N–H and O–H groups in total. The molecule has 1 aromatic rings. The lowest BCUT2D eigenvalue weighted by Crippen LogP contribution is -2.25. The lowest BCUT2D eigenvalue weighted by Gasteiger charge is -2.21. The molecule has 2 rings (SSSR count). The molecular weight excluding hydrogens is 152 g/mol. The van der Waals surface area contributed by atoms with Crippen molar-refractivity contribution in [1.29, 1.82) is 0 Å². The number of rotatable bonds is 1. The summed E-state index contributed by atoms with van der Waals surface area (Å²) < 4.78 is 2.15. The number of aryl methyl sites for hydroxylation is 2. The number of hydrogen-bond donors (Lipinski definition) is 1. The zero-order valence-corrected chi connectivity index (χ0v) is 7.32. The van der Waals surface area contributed by atoms with Crippen LogP contribution in [0.1, 0.15) is 24.9 Å². The summed E-state index contributed by atoms with van der Waals surface area (Å²) in [5.41, 5.74) is 1.28. The van der Waals surface area contributed by atoms with Crippen molar-refractivity contribution in [3.05, 3.63) is 17.7 Å². The zero-order chi connectivity index (χ0) is 8.55. The first-order chi connectivity index (χ1) is 5.81. The van der Waals surface area contributed by atoms with Gasteiger partial charge in [0.05, 0.1) is 12.6 Å². The summed E-state index contributed by atoms with van der Waals surface area (Å²) in [6, 6.07) is 0. The van der Waals surface area contributed by atoms with Crippen LogP contribution in [0.25, 0.3) is 0 Å². The van der Waals surface area contributed by atoms with Crippen LogP contribution < -0.4 is 0 Å². The van der Waals surface area contributed by atoms with Gasteiger partial charge in [0.25, 0.3) is 0 Å². The van der Waals surface area contributed by atoms with E-state index in [4.69, 9.17) is 0 Å². The standard InChI is InChI=1S/C9H14N2O/c1-2-9-10-5-7-3-4-8(12)6-11(7)9/h5,8,12H,2-4,6H2,1H3. The van der Waals surface area contributed by atoms with Crippen molar-refractivity contribution in [2.45, 2.75) is 38.8 Å².